The van der Waals surface area contributed by atoms with Crippen molar-refractivity contribution in [1.82, 2.24) is 4.98 Å². The summed E-state index contributed by atoms with van der Waals surface area (Å²) >= 11 is 0. The van der Waals surface area contributed by atoms with Gasteiger partial charge in [0, 0.05) is 22.7 Å². The molecule has 1 heterocycles. The molecule has 3 N–H and O–H groups in total. The van der Waals surface area contributed by atoms with Crippen molar-refractivity contribution in [2.45, 2.75) is 16.7 Å². The van der Waals surface area contributed by atoms with Crippen LogP contribution in [0.3, 0.4) is 0 Å². The zero-order valence-corrected chi connectivity index (χ0v) is 14.8. The van der Waals surface area contributed by atoms with Gasteiger partial charge >= 0.3 is 0 Å². The summed E-state index contributed by atoms with van der Waals surface area (Å²) in [5.74, 6) is 0. The number of nitrogens with one attached hydrogen (secondary N) is 1. The van der Waals surface area contributed by atoms with E-state index in [1.165, 1.54) is 12.1 Å². The van der Waals surface area contributed by atoms with Crippen LogP contribution in [-0.4, -0.2) is 21.8 Å². The second kappa shape index (κ2) is 6.10. The van der Waals surface area contributed by atoms with Crippen LogP contribution >= 0.6 is 0 Å². The van der Waals surface area contributed by atoms with Gasteiger partial charge in [-0.15, -0.1) is 0 Å². The summed E-state index contributed by atoms with van der Waals surface area (Å²) in [7, 11) is -7.77. The van der Waals surface area contributed by atoms with Gasteiger partial charge in [-0.05, 0) is 43.3 Å². The Morgan fingerprint density at radius 1 is 0.880 bits per heavy atom. The molecule has 130 valence electrons. The molecule has 0 aliphatic carbocycles. The van der Waals surface area contributed by atoms with Crippen molar-refractivity contribution in [3.8, 4) is 0 Å². The van der Waals surface area contributed by atoms with Gasteiger partial charge in [0.2, 0.25) is 10.0 Å². The third-order valence-electron chi connectivity index (χ3n) is 3.71. The van der Waals surface area contributed by atoms with E-state index in [1.54, 1.807) is 24.4 Å². The summed E-state index contributed by atoms with van der Waals surface area (Å²) in [5.41, 5.74) is 1.20. The van der Waals surface area contributed by atoms with Crippen LogP contribution in [0.1, 0.15) is 5.69 Å². The van der Waals surface area contributed by atoms with Gasteiger partial charge in [-0.3, -0.25) is 9.71 Å². The van der Waals surface area contributed by atoms with Crippen molar-refractivity contribution < 1.29 is 16.8 Å². The molecule has 0 fully saturated rings. The first kappa shape index (κ1) is 17.3. The Balaban J connectivity index is 2.01. The summed E-state index contributed by atoms with van der Waals surface area (Å²) in [6, 6.07) is 11.7. The van der Waals surface area contributed by atoms with Crippen LogP contribution in [0.15, 0.2) is 64.5 Å². The first-order valence-corrected chi connectivity index (χ1v) is 10.2. The fraction of sp³-hybridized carbons (Fsp3) is 0.0625. The molecule has 0 bridgehead atoms. The highest BCUT2D eigenvalue weighted by atomic mass is 32.2. The lowest BCUT2D eigenvalue weighted by molar-refractivity contribution is 0.595. The predicted molar refractivity (Wildman–Crippen MR) is 95.1 cm³/mol. The number of nitrogens with zero attached hydrogens (tertiary/aromatic N) is 1. The molecular formula is C16H15N3O4S2. The number of pyridine rings is 1. The van der Waals surface area contributed by atoms with E-state index < -0.39 is 20.0 Å². The Morgan fingerprint density at radius 2 is 1.52 bits per heavy atom. The average molecular weight is 377 g/mol. The molecular weight excluding hydrogens is 362 g/mol. The van der Waals surface area contributed by atoms with Crippen LogP contribution in [-0.2, 0) is 20.0 Å². The highest BCUT2D eigenvalue weighted by Gasteiger charge is 2.17. The fourth-order valence-corrected chi connectivity index (χ4v) is 4.05. The van der Waals surface area contributed by atoms with Crippen LogP contribution in [0.4, 0.5) is 5.69 Å². The van der Waals surface area contributed by atoms with Crippen LogP contribution in [0.25, 0.3) is 10.8 Å². The molecule has 0 saturated carbocycles. The zero-order chi connectivity index (χ0) is 18.2. The zero-order valence-electron chi connectivity index (χ0n) is 13.2. The van der Waals surface area contributed by atoms with Gasteiger partial charge in [0.15, 0.2) is 0 Å². The quantitative estimate of drug-likeness (QED) is 0.720. The molecule has 3 aromatic rings. The van der Waals surface area contributed by atoms with E-state index in [0.29, 0.717) is 5.69 Å². The minimum Gasteiger partial charge on any atom is -0.279 e. The SMILES string of the molecule is Cc1nccc2c(NS(=O)(=O)c3ccc(S(N)(=O)=O)cc3)cccc12. The van der Waals surface area contributed by atoms with Gasteiger partial charge in [0.05, 0.1) is 15.5 Å². The van der Waals surface area contributed by atoms with Gasteiger partial charge in [-0.25, -0.2) is 22.0 Å². The summed E-state index contributed by atoms with van der Waals surface area (Å²) < 4.78 is 50.2. The Bertz CT molecular complexity index is 1160. The largest absolute Gasteiger partial charge is 0.279 e. The molecule has 25 heavy (non-hydrogen) atoms. The number of benzene rings is 2. The minimum atomic E-state index is -3.89. The van der Waals surface area contributed by atoms with Crippen molar-refractivity contribution in [2.24, 2.45) is 5.14 Å². The molecule has 0 saturated heterocycles. The topological polar surface area (TPSA) is 119 Å². The molecule has 7 nitrogen and oxygen atoms in total. The van der Waals surface area contributed by atoms with Crippen molar-refractivity contribution >= 4 is 36.5 Å². The summed E-state index contributed by atoms with van der Waals surface area (Å²) in [6.07, 6.45) is 1.61. The van der Waals surface area contributed by atoms with Crippen LogP contribution in [0.5, 0.6) is 0 Å². The first-order valence-electron chi connectivity index (χ1n) is 7.18. The lowest BCUT2D eigenvalue weighted by Crippen LogP contribution is -2.15. The Labute approximate surface area is 145 Å². The Kier molecular flexibility index (Phi) is 4.23. The molecule has 0 unspecified atom stereocenters. The monoisotopic (exact) mass is 377 g/mol. The molecule has 1 aromatic heterocycles. The Morgan fingerprint density at radius 3 is 2.16 bits per heavy atom. The molecule has 0 aliphatic rings. The van der Waals surface area contributed by atoms with Crippen molar-refractivity contribution in [3.63, 3.8) is 0 Å². The molecule has 0 spiro atoms. The second-order valence-electron chi connectivity index (χ2n) is 5.42. The van der Waals surface area contributed by atoms with E-state index in [2.05, 4.69) is 9.71 Å². The molecule has 0 atom stereocenters. The number of rotatable bonds is 4. The third kappa shape index (κ3) is 3.48. The van der Waals surface area contributed by atoms with Crippen LogP contribution < -0.4 is 9.86 Å². The van der Waals surface area contributed by atoms with Gasteiger partial charge in [0.1, 0.15) is 0 Å². The molecule has 0 aliphatic heterocycles. The van der Waals surface area contributed by atoms with E-state index in [9.17, 15) is 16.8 Å². The Hall–Kier alpha value is -2.49. The van der Waals surface area contributed by atoms with E-state index in [-0.39, 0.29) is 9.79 Å². The fourth-order valence-electron chi connectivity index (χ4n) is 2.45. The maximum Gasteiger partial charge on any atom is 0.261 e. The highest BCUT2D eigenvalue weighted by Crippen LogP contribution is 2.27. The second-order valence-corrected chi connectivity index (χ2v) is 8.66. The number of fused-ring (bicyclic) bond motifs is 1. The lowest BCUT2D eigenvalue weighted by atomic mass is 10.1. The number of hydrogen-bond acceptors (Lipinski definition) is 5. The summed E-state index contributed by atoms with van der Waals surface area (Å²) in [4.78, 5) is 3.97. The van der Waals surface area contributed by atoms with Crippen molar-refractivity contribution in [3.05, 3.63) is 60.4 Å². The smallest absolute Gasteiger partial charge is 0.261 e. The number of aryl methyl sites for hydroxylation is 1. The number of primary sulfonamides is 1. The van der Waals surface area contributed by atoms with Crippen LogP contribution in [0.2, 0.25) is 0 Å². The molecule has 3 rings (SSSR count). The number of aromatic nitrogens is 1. The lowest BCUT2D eigenvalue weighted by Gasteiger charge is -2.12. The number of hydrogen-bond donors (Lipinski definition) is 2. The van der Waals surface area contributed by atoms with E-state index in [4.69, 9.17) is 5.14 Å². The average Bonchev–Trinajstić information content (AvgIpc) is 2.55. The van der Waals surface area contributed by atoms with Gasteiger partial charge in [-0.2, -0.15) is 0 Å². The number of nitrogens with two attached hydrogens (primary N) is 1. The summed E-state index contributed by atoms with van der Waals surface area (Å²) in [5, 5.41) is 6.58. The number of sulfonamides is 2. The van der Waals surface area contributed by atoms with Crippen LogP contribution in [0, 0.1) is 6.92 Å². The number of anilines is 1. The van der Waals surface area contributed by atoms with E-state index in [0.717, 1.165) is 28.6 Å². The minimum absolute atomic E-state index is 0.0670. The molecule has 9 heteroatoms. The first-order chi connectivity index (χ1) is 11.7. The normalized spacial score (nSPS) is 12.2. The molecule has 0 amide bonds. The van der Waals surface area contributed by atoms with E-state index >= 15 is 0 Å². The molecule has 0 radical (unpaired) electrons. The van der Waals surface area contributed by atoms with Gasteiger partial charge in [-0.1, -0.05) is 12.1 Å². The standard InChI is InChI=1S/C16H15N3O4S2/c1-11-14-3-2-4-16(15(14)9-10-18-11)19-25(22,23)13-7-5-12(6-8-13)24(17,20)21/h2-10,19H,1H3,(H2,17,20,21). The van der Waals surface area contributed by atoms with E-state index in [1.807, 2.05) is 13.0 Å². The van der Waals surface area contributed by atoms with Gasteiger partial charge < -0.3 is 0 Å². The maximum absolute atomic E-state index is 12.6. The highest BCUT2D eigenvalue weighted by molar-refractivity contribution is 7.92. The third-order valence-corrected chi connectivity index (χ3v) is 6.02. The summed E-state index contributed by atoms with van der Waals surface area (Å²) in [6.45, 7) is 1.84. The van der Waals surface area contributed by atoms with Gasteiger partial charge in [0.25, 0.3) is 10.0 Å². The van der Waals surface area contributed by atoms with Crippen molar-refractivity contribution in [1.29, 1.82) is 0 Å². The maximum atomic E-state index is 12.6. The van der Waals surface area contributed by atoms with Crippen molar-refractivity contribution in [2.75, 3.05) is 4.72 Å². The molecule has 2 aromatic carbocycles. The predicted octanol–water partition coefficient (Wildman–Crippen LogP) is 1.99.